The molecule has 0 aromatic carbocycles. The maximum absolute atomic E-state index is 10.7. The van der Waals surface area contributed by atoms with E-state index in [0.29, 0.717) is 0 Å². The summed E-state index contributed by atoms with van der Waals surface area (Å²) in [6.07, 6.45) is -5.93. The lowest BCUT2D eigenvalue weighted by Gasteiger charge is -2.32. The summed E-state index contributed by atoms with van der Waals surface area (Å²) < 4.78 is 4.38. The summed E-state index contributed by atoms with van der Waals surface area (Å²) in [5.41, 5.74) is 0. The van der Waals surface area contributed by atoms with Gasteiger partial charge < -0.3 is 25.2 Å². The fourth-order valence-corrected chi connectivity index (χ4v) is 0.980. The van der Waals surface area contributed by atoms with E-state index in [1.165, 1.54) is 0 Å². The van der Waals surface area contributed by atoms with Gasteiger partial charge in [-0.15, -0.1) is 0 Å². The average Bonchev–Trinajstić information content (AvgIpc) is 2.08. The van der Waals surface area contributed by atoms with Gasteiger partial charge in [-0.25, -0.2) is 4.79 Å². The predicted molar refractivity (Wildman–Crippen MR) is 35.0 cm³/mol. The smallest absolute Gasteiger partial charge is 0.338 e. The first kappa shape index (κ1) is 9.40. The van der Waals surface area contributed by atoms with Crippen LogP contribution < -0.4 is 0 Å². The van der Waals surface area contributed by atoms with Crippen LogP contribution in [0.4, 0.5) is 0 Å². The SMILES string of the molecule is O=C1OC(CO)[C@@H](O)[C@@H](O)C1O. The largest absolute Gasteiger partial charge is 0.455 e. The minimum absolute atomic E-state index is 0.587. The van der Waals surface area contributed by atoms with Crippen LogP contribution in [0.1, 0.15) is 0 Å². The highest BCUT2D eigenvalue weighted by atomic mass is 16.6. The number of hydrogen-bond acceptors (Lipinski definition) is 6. The quantitative estimate of drug-likeness (QED) is 0.318. The summed E-state index contributed by atoms with van der Waals surface area (Å²) in [6.45, 7) is -0.587. The van der Waals surface area contributed by atoms with Gasteiger partial charge in [0.2, 0.25) is 0 Å². The van der Waals surface area contributed by atoms with Gasteiger partial charge in [-0.3, -0.25) is 0 Å². The molecule has 0 saturated carbocycles. The van der Waals surface area contributed by atoms with E-state index < -0.39 is 37.0 Å². The highest BCUT2D eigenvalue weighted by Crippen LogP contribution is 2.15. The van der Waals surface area contributed by atoms with Gasteiger partial charge in [-0.1, -0.05) is 0 Å². The molecule has 70 valence electrons. The van der Waals surface area contributed by atoms with Crippen LogP contribution in [-0.4, -0.2) is 57.4 Å². The number of carbonyl (C=O) groups is 1. The van der Waals surface area contributed by atoms with E-state index in [4.69, 9.17) is 20.4 Å². The number of rotatable bonds is 1. The molecule has 0 bridgehead atoms. The zero-order valence-corrected chi connectivity index (χ0v) is 6.12. The monoisotopic (exact) mass is 178 g/mol. The maximum atomic E-state index is 10.7. The van der Waals surface area contributed by atoms with Crippen molar-refractivity contribution in [3.8, 4) is 0 Å². The molecule has 0 aromatic heterocycles. The number of ether oxygens (including phenoxy) is 1. The molecule has 1 fully saturated rings. The molecule has 1 rings (SSSR count). The number of cyclic esters (lactones) is 1. The molecule has 1 aliphatic rings. The third kappa shape index (κ3) is 1.42. The van der Waals surface area contributed by atoms with Gasteiger partial charge in [0.15, 0.2) is 12.2 Å². The van der Waals surface area contributed by atoms with Crippen molar-refractivity contribution in [1.82, 2.24) is 0 Å². The Balaban J connectivity index is 2.70. The molecule has 1 aliphatic heterocycles. The molecule has 0 aromatic rings. The molecule has 2 unspecified atom stereocenters. The fourth-order valence-electron chi connectivity index (χ4n) is 0.980. The second-order valence-corrected chi connectivity index (χ2v) is 2.58. The normalized spacial score (nSPS) is 42.5. The van der Waals surface area contributed by atoms with Crippen molar-refractivity contribution < 1.29 is 30.0 Å². The third-order valence-corrected chi connectivity index (χ3v) is 1.74. The maximum Gasteiger partial charge on any atom is 0.338 e. The molecule has 6 heteroatoms. The first-order valence-corrected chi connectivity index (χ1v) is 3.43. The molecule has 4 atom stereocenters. The van der Waals surface area contributed by atoms with Crippen LogP contribution in [0, 0.1) is 0 Å². The van der Waals surface area contributed by atoms with E-state index in [1.807, 2.05) is 0 Å². The molecule has 1 heterocycles. The van der Waals surface area contributed by atoms with Gasteiger partial charge in [0.05, 0.1) is 6.61 Å². The lowest BCUT2D eigenvalue weighted by Crippen LogP contribution is -2.56. The topological polar surface area (TPSA) is 107 Å². The molecular weight excluding hydrogens is 168 g/mol. The lowest BCUT2D eigenvalue weighted by molar-refractivity contribution is -0.206. The summed E-state index contributed by atoms with van der Waals surface area (Å²) >= 11 is 0. The molecule has 4 N–H and O–H groups in total. The van der Waals surface area contributed by atoms with Crippen molar-refractivity contribution in [3.05, 3.63) is 0 Å². The van der Waals surface area contributed by atoms with Crippen molar-refractivity contribution in [2.24, 2.45) is 0 Å². The van der Waals surface area contributed by atoms with Crippen molar-refractivity contribution >= 4 is 5.97 Å². The van der Waals surface area contributed by atoms with Crippen LogP contribution >= 0.6 is 0 Å². The van der Waals surface area contributed by atoms with Crippen LogP contribution in [0.15, 0.2) is 0 Å². The molecule has 0 spiro atoms. The highest BCUT2D eigenvalue weighted by molar-refractivity contribution is 5.76. The zero-order chi connectivity index (χ0) is 9.30. The predicted octanol–water partition coefficient (Wildman–Crippen LogP) is -3.01. The van der Waals surface area contributed by atoms with E-state index in [0.717, 1.165) is 0 Å². The Morgan fingerprint density at radius 3 is 2.33 bits per heavy atom. The minimum Gasteiger partial charge on any atom is -0.455 e. The molecular formula is C6H10O6. The second kappa shape index (κ2) is 3.36. The number of esters is 1. The van der Waals surface area contributed by atoms with E-state index in [9.17, 15) is 4.79 Å². The Morgan fingerprint density at radius 2 is 1.83 bits per heavy atom. The van der Waals surface area contributed by atoms with Gasteiger partial charge in [0.1, 0.15) is 12.2 Å². The first-order valence-electron chi connectivity index (χ1n) is 3.43. The highest BCUT2D eigenvalue weighted by Gasteiger charge is 2.43. The third-order valence-electron chi connectivity index (χ3n) is 1.74. The van der Waals surface area contributed by atoms with Crippen LogP contribution in [0.3, 0.4) is 0 Å². The van der Waals surface area contributed by atoms with Crippen LogP contribution in [0.5, 0.6) is 0 Å². The molecule has 12 heavy (non-hydrogen) atoms. The molecule has 1 saturated heterocycles. The fraction of sp³-hybridized carbons (Fsp3) is 0.833. The van der Waals surface area contributed by atoms with Gasteiger partial charge in [0, 0.05) is 0 Å². The first-order chi connectivity index (χ1) is 5.57. The van der Waals surface area contributed by atoms with Crippen molar-refractivity contribution in [2.45, 2.75) is 24.4 Å². The van der Waals surface area contributed by atoms with E-state index in [-0.39, 0.29) is 0 Å². The Hall–Kier alpha value is -0.690. The van der Waals surface area contributed by atoms with Crippen molar-refractivity contribution in [2.75, 3.05) is 6.61 Å². The van der Waals surface area contributed by atoms with Crippen LogP contribution in [-0.2, 0) is 9.53 Å². The lowest BCUT2D eigenvalue weighted by atomic mass is 10.0. The Morgan fingerprint density at radius 1 is 1.25 bits per heavy atom. The van der Waals surface area contributed by atoms with Crippen molar-refractivity contribution in [3.63, 3.8) is 0 Å². The van der Waals surface area contributed by atoms with E-state index >= 15 is 0 Å². The molecule has 0 amide bonds. The Bertz CT molecular complexity index is 179. The van der Waals surface area contributed by atoms with E-state index in [1.54, 1.807) is 0 Å². The molecule has 6 nitrogen and oxygen atoms in total. The van der Waals surface area contributed by atoms with Gasteiger partial charge in [-0.2, -0.15) is 0 Å². The summed E-state index contributed by atoms with van der Waals surface area (Å²) in [7, 11) is 0. The van der Waals surface area contributed by atoms with Gasteiger partial charge >= 0.3 is 5.97 Å². The number of carbonyl (C=O) groups excluding carboxylic acids is 1. The summed E-state index contributed by atoms with van der Waals surface area (Å²) in [5.74, 6) is -1.04. The summed E-state index contributed by atoms with van der Waals surface area (Å²) in [6, 6.07) is 0. The Labute approximate surface area is 68.0 Å². The molecule has 0 aliphatic carbocycles. The van der Waals surface area contributed by atoms with Crippen LogP contribution in [0.25, 0.3) is 0 Å². The summed E-state index contributed by atoms with van der Waals surface area (Å²) in [4.78, 5) is 10.7. The number of hydrogen-bond donors (Lipinski definition) is 4. The number of aliphatic hydroxyl groups is 4. The standard InChI is InChI=1S/C6H10O6/c7-1-2-3(8)4(9)5(10)6(11)12-2/h2-5,7-10H,1H2/t2?,3-,4-,5?/m1/s1. The second-order valence-electron chi connectivity index (χ2n) is 2.58. The van der Waals surface area contributed by atoms with Crippen LogP contribution in [0.2, 0.25) is 0 Å². The number of aliphatic hydroxyl groups excluding tert-OH is 4. The van der Waals surface area contributed by atoms with E-state index in [2.05, 4.69) is 4.74 Å². The van der Waals surface area contributed by atoms with Crippen molar-refractivity contribution in [1.29, 1.82) is 0 Å². The zero-order valence-electron chi connectivity index (χ0n) is 6.12. The average molecular weight is 178 g/mol. The Kier molecular flexibility index (Phi) is 2.63. The minimum atomic E-state index is -1.73. The van der Waals surface area contributed by atoms with Gasteiger partial charge in [0.25, 0.3) is 0 Å². The molecule has 0 radical (unpaired) electrons. The summed E-state index contributed by atoms with van der Waals surface area (Å²) in [5, 5.41) is 35.5. The van der Waals surface area contributed by atoms with Gasteiger partial charge in [-0.05, 0) is 0 Å².